The second-order valence-electron chi connectivity index (χ2n) is 7.91. The first-order valence-electron chi connectivity index (χ1n) is 10.5. The van der Waals surface area contributed by atoms with Crippen LogP contribution < -0.4 is 16.3 Å². The maximum absolute atomic E-state index is 13.1. The molecule has 1 aromatic rings. The van der Waals surface area contributed by atoms with E-state index < -0.39 is 30.2 Å². The number of urea groups is 1. The van der Waals surface area contributed by atoms with Gasteiger partial charge in [-0.25, -0.2) is 9.59 Å². The number of benzene rings is 1. The van der Waals surface area contributed by atoms with Crippen LogP contribution in [-0.2, 0) is 0 Å². The van der Waals surface area contributed by atoms with E-state index in [4.69, 9.17) is 0 Å². The molecule has 13 heteroatoms. The highest BCUT2D eigenvalue weighted by molar-refractivity contribution is 8.01. The molecule has 0 atom stereocenters. The molecule has 0 fully saturated rings. The van der Waals surface area contributed by atoms with Crippen molar-refractivity contribution in [1.29, 1.82) is 0 Å². The van der Waals surface area contributed by atoms with Crippen LogP contribution in [0, 0.1) is 20.8 Å². The van der Waals surface area contributed by atoms with Gasteiger partial charge < -0.3 is 5.32 Å². The van der Waals surface area contributed by atoms with Crippen molar-refractivity contribution in [1.82, 2.24) is 9.55 Å². The molecule has 3 rings (SSSR count). The van der Waals surface area contributed by atoms with Gasteiger partial charge in [-0.2, -0.15) is 26.9 Å². The average molecular weight is 535 g/mol. The van der Waals surface area contributed by atoms with Gasteiger partial charge in [-0.1, -0.05) is 17.7 Å². The van der Waals surface area contributed by atoms with Crippen molar-refractivity contribution in [2.75, 3.05) is 16.4 Å². The van der Waals surface area contributed by atoms with Gasteiger partial charge in [0.1, 0.15) is 5.69 Å². The maximum atomic E-state index is 13.1. The first kappa shape index (κ1) is 26.9. The number of hydrogen-bond acceptors (Lipinski definition) is 5. The molecule has 0 saturated carbocycles. The normalized spacial score (nSPS) is 12.2. The lowest BCUT2D eigenvalue weighted by molar-refractivity contribution is -0.284. The van der Waals surface area contributed by atoms with Crippen LogP contribution in [-0.4, -0.2) is 33.4 Å². The number of aryl methyl sites for hydroxylation is 2. The van der Waals surface area contributed by atoms with Crippen molar-refractivity contribution in [3.63, 3.8) is 0 Å². The van der Waals surface area contributed by atoms with Gasteiger partial charge in [-0.3, -0.25) is 9.88 Å². The minimum atomic E-state index is -5.57. The zero-order chi connectivity index (χ0) is 26.0. The Kier molecular flexibility index (Phi) is 8.10. The number of rotatable bonds is 8. The molecule has 0 spiro atoms. The highest BCUT2D eigenvalue weighted by Gasteiger charge is 2.56. The quantitative estimate of drug-likeness (QED) is 0.190. The number of fused-ring (bicyclic) bond motifs is 1. The molecule has 0 aliphatic carbocycles. The predicted molar refractivity (Wildman–Crippen MR) is 128 cm³/mol. The largest absolute Gasteiger partial charge is 0.453 e. The topological polar surface area (TPSA) is 76.0 Å². The number of unbranched alkanes of at least 4 members (excludes halogenated alkanes) is 1. The molecule has 35 heavy (non-hydrogen) atoms. The van der Waals surface area contributed by atoms with Gasteiger partial charge in [0, 0.05) is 22.7 Å². The number of amides is 2. The van der Waals surface area contributed by atoms with E-state index in [1.54, 1.807) is 26.0 Å². The van der Waals surface area contributed by atoms with Crippen molar-refractivity contribution in [3.05, 3.63) is 50.9 Å². The lowest BCUT2D eigenvalue weighted by Gasteiger charge is -2.19. The van der Waals surface area contributed by atoms with E-state index in [1.807, 2.05) is 19.1 Å². The average Bonchev–Trinajstić information content (AvgIpc) is 3.08. The number of thioether (sulfide) groups is 1. The zero-order valence-corrected chi connectivity index (χ0v) is 20.7. The number of carbonyl (C=O) groups excluding carboxylic acids is 1. The summed E-state index contributed by atoms with van der Waals surface area (Å²) in [6, 6.07) is 6.48. The highest BCUT2D eigenvalue weighted by atomic mass is 32.2. The van der Waals surface area contributed by atoms with Crippen LogP contribution in [0.5, 0.6) is 0 Å². The minimum Gasteiger partial charge on any atom is -0.308 e. The van der Waals surface area contributed by atoms with Crippen molar-refractivity contribution >= 4 is 40.6 Å². The van der Waals surface area contributed by atoms with Crippen LogP contribution in [0.2, 0.25) is 0 Å². The van der Waals surface area contributed by atoms with Crippen molar-refractivity contribution in [3.8, 4) is 5.69 Å². The molecule has 2 amide bonds. The van der Waals surface area contributed by atoms with E-state index in [1.165, 1.54) is 27.7 Å². The zero-order valence-electron chi connectivity index (χ0n) is 19.1. The van der Waals surface area contributed by atoms with Gasteiger partial charge >= 0.3 is 23.8 Å². The summed E-state index contributed by atoms with van der Waals surface area (Å²) in [7, 11) is 0. The monoisotopic (exact) mass is 534 g/mol. The molecule has 2 aliphatic rings. The number of aromatic nitrogens is 2. The summed E-state index contributed by atoms with van der Waals surface area (Å²) in [6.45, 7) is 5.43. The Balaban J connectivity index is 1.75. The van der Waals surface area contributed by atoms with Crippen LogP contribution in [0.15, 0.2) is 33.3 Å². The Labute approximate surface area is 206 Å². The van der Waals surface area contributed by atoms with Crippen LogP contribution >= 0.6 is 23.1 Å². The number of imidazole rings is 1. The van der Waals surface area contributed by atoms with Gasteiger partial charge in [-0.05, 0) is 51.5 Å². The summed E-state index contributed by atoms with van der Waals surface area (Å²) in [6.07, 6.45) is -7.06. The third-order valence-electron chi connectivity index (χ3n) is 5.21. The predicted octanol–water partition coefficient (Wildman–Crippen LogP) is 6.76. The molecule has 1 aromatic carbocycles. The maximum Gasteiger partial charge on any atom is 0.453 e. The second-order valence-corrected chi connectivity index (χ2v) is 10.5. The fraction of sp³-hybridized carbons (Fsp3) is 0.409. The van der Waals surface area contributed by atoms with Crippen LogP contribution in [0.1, 0.15) is 35.4 Å². The van der Waals surface area contributed by atoms with Gasteiger partial charge in [0.25, 0.3) is 0 Å². The number of halogens is 5. The molecule has 0 unspecified atom stereocenters. The Morgan fingerprint density at radius 1 is 1.06 bits per heavy atom. The van der Waals surface area contributed by atoms with Gasteiger partial charge in [0.2, 0.25) is 0 Å². The third-order valence-corrected chi connectivity index (χ3v) is 7.74. The van der Waals surface area contributed by atoms with Gasteiger partial charge in [0.05, 0.1) is 4.21 Å². The molecule has 6 nitrogen and oxygen atoms in total. The summed E-state index contributed by atoms with van der Waals surface area (Å²) in [5, 5.41) is 5.24. The fourth-order valence-corrected chi connectivity index (χ4v) is 5.69. The number of nitrogens with zero attached hydrogens (tertiary/aromatic N) is 2. The van der Waals surface area contributed by atoms with Gasteiger partial charge in [0.15, 0.2) is 5.82 Å². The van der Waals surface area contributed by atoms with E-state index in [9.17, 15) is 31.5 Å². The van der Waals surface area contributed by atoms with Crippen molar-refractivity contribution in [2.45, 2.75) is 56.3 Å². The van der Waals surface area contributed by atoms with Gasteiger partial charge in [-0.15, -0.1) is 23.1 Å². The lowest BCUT2D eigenvalue weighted by atomic mass is 10.1. The molecular weight excluding hydrogens is 511 g/mol. The highest BCUT2D eigenvalue weighted by Crippen LogP contribution is 2.41. The smallest absolute Gasteiger partial charge is 0.308 e. The fourth-order valence-electron chi connectivity index (χ4n) is 3.17. The number of alkyl halides is 5. The van der Waals surface area contributed by atoms with Crippen LogP contribution in [0.4, 0.5) is 38.3 Å². The van der Waals surface area contributed by atoms with E-state index in [0.717, 1.165) is 10.4 Å². The number of anilines is 2. The first-order valence-corrected chi connectivity index (χ1v) is 12.3. The molecule has 2 N–H and O–H groups in total. The SMILES string of the molecule is Cc1ccc(NC(=O)Nc2nc(=O)n3c(C)c(C)sc(SCCCCC(F)(F)C(F)(F)F)c2-3)cc1. The molecule has 2 aliphatic heterocycles. The Morgan fingerprint density at radius 2 is 1.71 bits per heavy atom. The van der Waals surface area contributed by atoms with Crippen LogP contribution in [0.3, 0.4) is 0 Å². The molecule has 2 heterocycles. The Bertz CT molecular complexity index is 1220. The first-order chi connectivity index (χ1) is 16.3. The standard InChI is InChI=1S/C22H23F5N4O2S2/c1-12-6-8-15(9-7-12)28-19(32)29-17-16-18(35-14(3)13(2)31(16)20(33)30-17)34-11-5-4-10-21(23,24)22(25,26)27/h6-9H,4-5,10-11H2,1-3H3,(H2,28,29,30,32,33). The molecule has 0 bridgehead atoms. The number of hydrogen-bond donors (Lipinski definition) is 2. The summed E-state index contributed by atoms with van der Waals surface area (Å²) in [4.78, 5) is 29.8. The summed E-state index contributed by atoms with van der Waals surface area (Å²) >= 11 is 2.54. The Hall–Kier alpha value is -2.67. The van der Waals surface area contributed by atoms with Crippen LogP contribution in [0.25, 0.3) is 5.69 Å². The number of nitrogens with one attached hydrogen (secondary N) is 2. The third kappa shape index (κ3) is 6.31. The van der Waals surface area contributed by atoms with E-state index in [2.05, 4.69) is 15.6 Å². The van der Waals surface area contributed by atoms with Crippen molar-refractivity contribution in [2.24, 2.45) is 0 Å². The minimum absolute atomic E-state index is 0.0325. The molecule has 190 valence electrons. The van der Waals surface area contributed by atoms with E-state index in [-0.39, 0.29) is 24.4 Å². The van der Waals surface area contributed by atoms with E-state index in [0.29, 0.717) is 21.3 Å². The lowest BCUT2D eigenvalue weighted by Crippen LogP contribution is -2.36. The molecular formula is C22H23F5N4O2S2. The summed E-state index contributed by atoms with van der Waals surface area (Å²) in [5.74, 6) is -4.44. The molecule has 0 saturated heterocycles. The summed E-state index contributed by atoms with van der Waals surface area (Å²) in [5.41, 5.74) is 1.95. The number of carbonyl (C=O) groups is 1. The molecule has 0 aromatic heterocycles. The molecule has 0 radical (unpaired) electrons. The van der Waals surface area contributed by atoms with Crippen molar-refractivity contribution < 1.29 is 26.7 Å². The summed E-state index contributed by atoms with van der Waals surface area (Å²) < 4.78 is 65.2. The second kappa shape index (κ2) is 10.5. The van der Waals surface area contributed by atoms with E-state index >= 15 is 0 Å². The Morgan fingerprint density at radius 3 is 2.34 bits per heavy atom.